The molecule has 0 fully saturated rings. The highest BCUT2D eigenvalue weighted by Crippen LogP contribution is 2.18. The molecular weight excluding hydrogens is 340 g/mol. The van der Waals surface area contributed by atoms with Crippen molar-refractivity contribution >= 4 is 12.1 Å². The Morgan fingerprint density at radius 1 is 0.846 bits per heavy atom. The van der Waals surface area contributed by atoms with Crippen molar-refractivity contribution < 1.29 is 33.3 Å². The molecule has 0 radical (unpaired) electrons. The summed E-state index contributed by atoms with van der Waals surface area (Å²) < 4.78 is 26.7. The molecule has 0 aromatic rings. The first-order chi connectivity index (χ1) is 11.7. The third kappa shape index (κ3) is 12.1. The lowest BCUT2D eigenvalue weighted by Crippen LogP contribution is -2.42. The van der Waals surface area contributed by atoms with Crippen LogP contribution in [0.5, 0.6) is 0 Å². The maximum absolute atomic E-state index is 12.2. The molecule has 7 nitrogen and oxygen atoms in total. The number of hydrogen-bond donors (Lipinski definition) is 0. The fourth-order valence-electron chi connectivity index (χ4n) is 1.80. The number of carbonyl (C=O) groups excluding carboxylic acids is 2. The topological polar surface area (TPSA) is 80.3 Å². The molecule has 154 valence electrons. The molecule has 0 N–H and O–H groups in total. The molecule has 0 aliphatic rings. The Labute approximate surface area is 157 Å². The molecule has 0 amide bonds. The number of esters is 1. The summed E-state index contributed by atoms with van der Waals surface area (Å²) in [6.45, 7) is 16.6. The summed E-state index contributed by atoms with van der Waals surface area (Å²) in [5.41, 5.74) is -2.08. The van der Waals surface area contributed by atoms with Crippen molar-refractivity contribution in [2.45, 2.75) is 91.6 Å². The summed E-state index contributed by atoms with van der Waals surface area (Å²) in [7, 11) is 0. The van der Waals surface area contributed by atoms with Crippen LogP contribution in [0.3, 0.4) is 0 Å². The highest BCUT2D eigenvalue weighted by atomic mass is 16.7. The zero-order valence-electron chi connectivity index (χ0n) is 17.8. The van der Waals surface area contributed by atoms with Gasteiger partial charge in [-0.1, -0.05) is 6.92 Å². The van der Waals surface area contributed by atoms with Crippen LogP contribution in [0, 0.1) is 0 Å². The third-order valence-electron chi connectivity index (χ3n) is 3.04. The second-order valence-electron chi connectivity index (χ2n) is 8.53. The van der Waals surface area contributed by atoms with Crippen LogP contribution in [-0.4, -0.2) is 54.9 Å². The molecule has 0 rings (SSSR count). The SMILES string of the molecule is CCC(COC(=O)OC(C)(C)C)OC(C)(C)C(=O)OCCOC(C)(C)C. The van der Waals surface area contributed by atoms with Crippen molar-refractivity contribution in [2.75, 3.05) is 19.8 Å². The van der Waals surface area contributed by atoms with E-state index >= 15 is 0 Å². The fraction of sp³-hybridized carbons (Fsp3) is 0.895. The molecule has 1 atom stereocenters. The van der Waals surface area contributed by atoms with Gasteiger partial charge in [0.05, 0.1) is 18.3 Å². The van der Waals surface area contributed by atoms with Crippen molar-refractivity contribution in [3.63, 3.8) is 0 Å². The summed E-state index contributed by atoms with van der Waals surface area (Å²) in [6.07, 6.45) is -0.651. The van der Waals surface area contributed by atoms with Gasteiger partial charge in [-0.2, -0.15) is 0 Å². The minimum atomic E-state index is -1.17. The minimum Gasteiger partial charge on any atom is -0.461 e. The predicted octanol–water partition coefficient (Wildman–Crippen LogP) is 3.87. The maximum atomic E-state index is 12.2. The minimum absolute atomic E-state index is 0.00470. The van der Waals surface area contributed by atoms with Gasteiger partial charge in [0.1, 0.15) is 18.8 Å². The van der Waals surface area contributed by atoms with Gasteiger partial charge in [0.2, 0.25) is 0 Å². The van der Waals surface area contributed by atoms with Gasteiger partial charge in [-0.05, 0) is 61.8 Å². The Morgan fingerprint density at radius 2 is 1.42 bits per heavy atom. The molecular formula is C19H36O7. The van der Waals surface area contributed by atoms with Crippen LogP contribution in [0.2, 0.25) is 0 Å². The predicted molar refractivity (Wildman–Crippen MR) is 98.1 cm³/mol. The van der Waals surface area contributed by atoms with Gasteiger partial charge in [0.15, 0.2) is 5.60 Å². The van der Waals surface area contributed by atoms with Crippen LogP contribution < -0.4 is 0 Å². The number of rotatable bonds is 9. The highest BCUT2D eigenvalue weighted by molar-refractivity contribution is 5.78. The van der Waals surface area contributed by atoms with E-state index in [9.17, 15) is 9.59 Å². The molecule has 7 heteroatoms. The summed E-state index contributed by atoms with van der Waals surface area (Å²) in [5, 5.41) is 0. The standard InChI is InChI=1S/C19H36O7/c1-10-14(13-23-16(21)26-18(5,6)7)25-19(8,9)15(20)22-11-12-24-17(2,3)4/h14H,10-13H2,1-9H3. The second-order valence-corrected chi connectivity index (χ2v) is 8.53. The first-order valence-electron chi connectivity index (χ1n) is 9.01. The van der Waals surface area contributed by atoms with Gasteiger partial charge in [-0.25, -0.2) is 9.59 Å². The summed E-state index contributed by atoms with van der Waals surface area (Å²) in [5.74, 6) is -0.495. The molecule has 0 aliphatic heterocycles. The van der Waals surface area contributed by atoms with Crippen LogP contribution in [0.15, 0.2) is 0 Å². The molecule has 0 bridgehead atoms. The Kier molecular flexibility index (Phi) is 9.59. The largest absolute Gasteiger partial charge is 0.508 e. The number of ether oxygens (including phenoxy) is 5. The van der Waals surface area contributed by atoms with Crippen molar-refractivity contribution in [1.82, 2.24) is 0 Å². The first-order valence-corrected chi connectivity index (χ1v) is 9.01. The van der Waals surface area contributed by atoms with E-state index < -0.39 is 29.4 Å². The molecule has 0 aromatic heterocycles. The van der Waals surface area contributed by atoms with E-state index in [0.29, 0.717) is 13.0 Å². The lowest BCUT2D eigenvalue weighted by Gasteiger charge is -2.29. The Balaban J connectivity index is 4.40. The second kappa shape index (κ2) is 10.1. The van der Waals surface area contributed by atoms with E-state index in [1.165, 1.54) is 0 Å². The zero-order valence-corrected chi connectivity index (χ0v) is 17.8. The van der Waals surface area contributed by atoms with Gasteiger partial charge >= 0.3 is 12.1 Å². The van der Waals surface area contributed by atoms with Crippen LogP contribution in [-0.2, 0) is 28.5 Å². The van der Waals surface area contributed by atoms with E-state index in [1.807, 2.05) is 27.7 Å². The van der Waals surface area contributed by atoms with Gasteiger partial charge in [-0.3, -0.25) is 0 Å². The lowest BCUT2D eigenvalue weighted by atomic mass is 10.1. The van der Waals surface area contributed by atoms with Crippen molar-refractivity contribution in [2.24, 2.45) is 0 Å². The third-order valence-corrected chi connectivity index (χ3v) is 3.04. The zero-order chi connectivity index (χ0) is 20.6. The van der Waals surface area contributed by atoms with Crippen molar-refractivity contribution in [3.8, 4) is 0 Å². The van der Waals surface area contributed by atoms with E-state index in [2.05, 4.69) is 0 Å². The molecule has 0 spiro atoms. The lowest BCUT2D eigenvalue weighted by molar-refractivity contribution is -0.180. The normalized spacial score (nSPS) is 13.9. The monoisotopic (exact) mass is 376 g/mol. The van der Waals surface area contributed by atoms with Crippen LogP contribution >= 0.6 is 0 Å². The van der Waals surface area contributed by atoms with E-state index in [-0.39, 0.29) is 18.8 Å². The van der Waals surface area contributed by atoms with Crippen LogP contribution in [0.25, 0.3) is 0 Å². The smallest absolute Gasteiger partial charge is 0.461 e. The quantitative estimate of drug-likeness (QED) is 0.446. The van der Waals surface area contributed by atoms with E-state index in [0.717, 1.165) is 0 Å². The van der Waals surface area contributed by atoms with Gasteiger partial charge < -0.3 is 23.7 Å². The first kappa shape index (κ1) is 24.7. The average molecular weight is 376 g/mol. The van der Waals surface area contributed by atoms with Gasteiger partial charge in [0.25, 0.3) is 0 Å². The Bertz CT molecular complexity index is 444. The highest BCUT2D eigenvalue weighted by Gasteiger charge is 2.34. The Hall–Kier alpha value is -1.34. The molecule has 0 aromatic carbocycles. The summed E-state index contributed by atoms with van der Waals surface area (Å²) in [6, 6.07) is 0. The molecule has 0 aliphatic carbocycles. The maximum Gasteiger partial charge on any atom is 0.508 e. The molecule has 0 saturated carbocycles. The Morgan fingerprint density at radius 3 is 1.88 bits per heavy atom. The summed E-state index contributed by atoms with van der Waals surface area (Å²) in [4.78, 5) is 23.9. The summed E-state index contributed by atoms with van der Waals surface area (Å²) >= 11 is 0. The number of carbonyl (C=O) groups is 2. The molecule has 26 heavy (non-hydrogen) atoms. The van der Waals surface area contributed by atoms with Crippen LogP contribution in [0.1, 0.15) is 68.7 Å². The number of hydrogen-bond acceptors (Lipinski definition) is 7. The molecule has 1 unspecified atom stereocenters. The van der Waals surface area contributed by atoms with Gasteiger partial charge in [0, 0.05) is 0 Å². The van der Waals surface area contributed by atoms with Crippen molar-refractivity contribution in [3.05, 3.63) is 0 Å². The molecule has 0 saturated heterocycles. The molecule has 0 heterocycles. The fourth-order valence-corrected chi connectivity index (χ4v) is 1.80. The average Bonchev–Trinajstić information content (AvgIpc) is 2.44. The van der Waals surface area contributed by atoms with Crippen LogP contribution in [0.4, 0.5) is 4.79 Å². The van der Waals surface area contributed by atoms with E-state index in [4.69, 9.17) is 23.7 Å². The van der Waals surface area contributed by atoms with E-state index in [1.54, 1.807) is 34.6 Å². The van der Waals surface area contributed by atoms with Crippen molar-refractivity contribution in [1.29, 1.82) is 0 Å². The van der Waals surface area contributed by atoms with Gasteiger partial charge in [-0.15, -0.1) is 0 Å².